The first-order chi connectivity index (χ1) is 15.4. The van der Waals surface area contributed by atoms with Gasteiger partial charge in [-0.2, -0.15) is 0 Å². The van der Waals surface area contributed by atoms with Gasteiger partial charge in [-0.05, 0) is 48.0 Å². The Morgan fingerprint density at radius 3 is 2.62 bits per heavy atom. The van der Waals surface area contributed by atoms with Crippen molar-refractivity contribution in [3.8, 4) is 34.0 Å². The SMILES string of the molecule is CNCc1ccc(-c2cc(-c3nc(-c4ccc(S(=O)[O-])c(F)c4)cnc3N)on2)c(F)c1. The molecule has 2 aromatic heterocycles. The predicted molar refractivity (Wildman–Crippen MR) is 113 cm³/mol. The molecule has 3 N–H and O–H groups in total. The molecule has 2 aromatic carbocycles. The Bertz CT molecular complexity index is 1330. The Hall–Kier alpha value is -3.54. The molecule has 4 rings (SSSR count). The van der Waals surface area contributed by atoms with Gasteiger partial charge in [0.1, 0.15) is 17.3 Å². The molecule has 0 aliphatic rings. The molecular weight excluding hydrogens is 440 g/mol. The van der Waals surface area contributed by atoms with E-state index >= 15 is 0 Å². The monoisotopic (exact) mass is 456 g/mol. The zero-order valence-electron chi connectivity index (χ0n) is 16.6. The molecule has 32 heavy (non-hydrogen) atoms. The van der Waals surface area contributed by atoms with Crippen molar-refractivity contribution in [2.75, 3.05) is 12.8 Å². The van der Waals surface area contributed by atoms with E-state index in [9.17, 15) is 17.5 Å². The van der Waals surface area contributed by atoms with Crippen molar-refractivity contribution in [1.82, 2.24) is 20.4 Å². The molecule has 0 aliphatic heterocycles. The van der Waals surface area contributed by atoms with Gasteiger partial charge in [-0.3, -0.25) is 4.21 Å². The van der Waals surface area contributed by atoms with Crippen LogP contribution >= 0.6 is 0 Å². The second-order valence-electron chi connectivity index (χ2n) is 6.79. The van der Waals surface area contributed by atoms with Crippen molar-refractivity contribution in [3.05, 3.63) is 65.9 Å². The summed E-state index contributed by atoms with van der Waals surface area (Å²) in [6, 6.07) is 9.80. The number of nitrogen functional groups attached to an aromatic ring is 1. The van der Waals surface area contributed by atoms with Gasteiger partial charge in [-0.15, -0.1) is 0 Å². The molecule has 1 unspecified atom stereocenters. The number of hydrogen-bond acceptors (Lipinski definition) is 8. The number of rotatable bonds is 6. The van der Waals surface area contributed by atoms with Gasteiger partial charge in [0.15, 0.2) is 17.3 Å². The molecule has 8 nitrogen and oxygen atoms in total. The lowest BCUT2D eigenvalue weighted by Crippen LogP contribution is -2.05. The summed E-state index contributed by atoms with van der Waals surface area (Å²) in [6.07, 6.45) is 1.32. The first-order valence-corrected chi connectivity index (χ1v) is 10.4. The molecule has 2 heterocycles. The molecule has 0 spiro atoms. The summed E-state index contributed by atoms with van der Waals surface area (Å²) in [6.45, 7) is 0.520. The first-order valence-electron chi connectivity index (χ1n) is 9.29. The smallest absolute Gasteiger partial charge is 0.189 e. The second-order valence-corrected chi connectivity index (χ2v) is 7.70. The Balaban J connectivity index is 1.69. The molecule has 0 saturated carbocycles. The van der Waals surface area contributed by atoms with Gasteiger partial charge in [0, 0.05) is 23.7 Å². The third-order valence-electron chi connectivity index (χ3n) is 4.64. The lowest BCUT2D eigenvalue weighted by molar-refractivity contribution is 0.433. The first kappa shape index (κ1) is 21.7. The van der Waals surface area contributed by atoms with Crippen LogP contribution in [0.15, 0.2) is 58.1 Å². The van der Waals surface area contributed by atoms with E-state index < -0.39 is 27.6 Å². The standard InChI is InChI=1S/C21H17F2N5O3S/c1-25-9-11-2-4-13(14(22)6-11)16-8-18(31-28-16)20-21(24)26-10-17(27-20)12-3-5-19(32(29)30)15(23)7-12/h2-8,10,25H,9H2,1H3,(H2,24,26)(H,29,30)/p-1. The van der Waals surface area contributed by atoms with Crippen LogP contribution in [0, 0.1) is 11.6 Å². The zero-order valence-corrected chi connectivity index (χ0v) is 17.5. The number of benzene rings is 2. The highest BCUT2D eigenvalue weighted by Gasteiger charge is 2.18. The Labute approximate surface area is 183 Å². The van der Waals surface area contributed by atoms with Crippen LogP contribution < -0.4 is 11.1 Å². The maximum absolute atomic E-state index is 14.5. The normalized spacial score (nSPS) is 12.1. The highest BCUT2D eigenvalue weighted by atomic mass is 32.2. The molecule has 0 saturated heterocycles. The van der Waals surface area contributed by atoms with Crippen molar-refractivity contribution >= 4 is 16.9 Å². The minimum Gasteiger partial charge on any atom is -0.768 e. The molecule has 0 radical (unpaired) electrons. The largest absolute Gasteiger partial charge is 0.768 e. The number of nitrogens with one attached hydrogen (secondary N) is 1. The molecule has 11 heteroatoms. The van der Waals surface area contributed by atoms with Crippen molar-refractivity contribution < 1.29 is 22.1 Å². The van der Waals surface area contributed by atoms with Gasteiger partial charge < -0.3 is 20.1 Å². The summed E-state index contributed by atoms with van der Waals surface area (Å²) in [7, 11) is 1.77. The maximum atomic E-state index is 14.5. The van der Waals surface area contributed by atoms with Crippen LogP contribution in [-0.4, -0.2) is 30.9 Å². The molecule has 0 aliphatic carbocycles. The molecule has 164 valence electrons. The molecule has 0 bridgehead atoms. The van der Waals surface area contributed by atoms with Crippen LogP contribution in [0.25, 0.3) is 34.0 Å². The van der Waals surface area contributed by atoms with Gasteiger partial charge in [0.05, 0.1) is 16.8 Å². The van der Waals surface area contributed by atoms with E-state index in [-0.39, 0.29) is 39.8 Å². The Morgan fingerprint density at radius 1 is 1.12 bits per heavy atom. The average Bonchev–Trinajstić information content (AvgIpc) is 3.23. The summed E-state index contributed by atoms with van der Waals surface area (Å²) < 4.78 is 55.9. The number of halogens is 2. The number of nitrogens with zero attached hydrogens (tertiary/aromatic N) is 3. The van der Waals surface area contributed by atoms with Gasteiger partial charge >= 0.3 is 0 Å². The van der Waals surface area contributed by atoms with Crippen molar-refractivity contribution in [1.29, 1.82) is 0 Å². The fourth-order valence-corrected chi connectivity index (χ4v) is 3.51. The van der Waals surface area contributed by atoms with Crippen molar-refractivity contribution in [3.63, 3.8) is 0 Å². The zero-order chi connectivity index (χ0) is 22.8. The quantitative estimate of drug-likeness (QED) is 0.423. The van der Waals surface area contributed by atoms with E-state index in [0.29, 0.717) is 6.54 Å². The lowest BCUT2D eigenvalue weighted by Gasteiger charge is -2.09. The summed E-state index contributed by atoms with van der Waals surface area (Å²) in [5.41, 5.74) is 7.84. The van der Waals surface area contributed by atoms with E-state index in [1.807, 2.05) is 0 Å². The topological polar surface area (TPSA) is 130 Å². The summed E-state index contributed by atoms with van der Waals surface area (Å²) in [5, 5.41) is 6.85. The molecular formula is C21H16F2N5O3S-. The van der Waals surface area contributed by atoms with Crippen LogP contribution in [0.4, 0.5) is 14.6 Å². The summed E-state index contributed by atoms with van der Waals surface area (Å²) >= 11 is -2.70. The van der Waals surface area contributed by atoms with E-state index in [1.165, 1.54) is 24.4 Å². The van der Waals surface area contributed by atoms with Crippen LogP contribution in [0.5, 0.6) is 0 Å². The van der Waals surface area contributed by atoms with E-state index in [4.69, 9.17) is 10.3 Å². The predicted octanol–water partition coefficient (Wildman–Crippen LogP) is 3.28. The van der Waals surface area contributed by atoms with Crippen molar-refractivity contribution in [2.24, 2.45) is 0 Å². The Kier molecular flexibility index (Phi) is 6.04. The van der Waals surface area contributed by atoms with E-state index in [1.54, 1.807) is 19.2 Å². The minimum absolute atomic E-state index is 0.0269. The summed E-state index contributed by atoms with van der Waals surface area (Å²) in [5.74, 6) is -1.21. The van der Waals surface area contributed by atoms with Crippen molar-refractivity contribution in [2.45, 2.75) is 11.4 Å². The van der Waals surface area contributed by atoms with Crippen LogP contribution in [-0.2, 0) is 17.6 Å². The average molecular weight is 456 g/mol. The minimum atomic E-state index is -2.70. The van der Waals surface area contributed by atoms with Crippen LogP contribution in [0.3, 0.4) is 0 Å². The number of anilines is 1. The van der Waals surface area contributed by atoms with Crippen LogP contribution in [0.1, 0.15) is 5.56 Å². The third-order valence-corrected chi connectivity index (χ3v) is 5.33. The third kappa shape index (κ3) is 4.26. The number of aromatic nitrogens is 3. The van der Waals surface area contributed by atoms with Crippen LogP contribution in [0.2, 0.25) is 0 Å². The highest BCUT2D eigenvalue weighted by Crippen LogP contribution is 2.31. The second kappa shape index (κ2) is 8.91. The molecule has 1 atom stereocenters. The van der Waals surface area contributed by atoms with Gasteiger partial charge in [0.25, 0.3) is 0 Å². The lowest BCUT2D eigenvalue weighted by atomic mass is 10.1. The summed E-state index contributed by atoms with van der Waals surface area (Å²) in [4.78, 5) is 7.95. The molecule has 4 aromatic rings. The Morgan fingerprint density at radius 2 is 1.94 bits per heavy atom. The number of nitrogens with two attached hydrogens (primary N) is 1. The maximum Gasteiger partial charge on any atom is 0.189 e. The molecule has 0 amide bonds. The van der Waals surface area contributed by atoms with Gasteiger partial charge in [0.2, 0.25) is 0 Å². The van der Waals surface area contributed by atoms with Gasteiger partial charge in [-0.1, -0.05) is 17.3 Å². The van der Waals surface area contributed by atoms with E-state index in [2.05, 4.69) is 20.4 Å². The number of hydrogen-bond donors (Lipinski definition) is 2. The highest BCUT2D eigenvalue weighted by molar-refractivity contribution is 7.79. The molecule has 0 fully saturated rings. The van der Waals surface area contributed by atoms with E-state index in [0.717, 1.165) is 17.7 Å². The van der Waals surface area contributed by atoms with Gasteiger partial charge in [-0.25, -0.2) is 18.7 Å². The fraction of sp³-hybridized carbons (Fsp3) is 0.0952. The fourth-order valence-electron chi connectivity index (χ4n) is 3.11.